The second kappa shape index (κ2) is 7.28. The van der Waals surface area contributed by atoms with Crippen molar-refractivity contribution in [3.63, 3.8) is 0 Å². The van der Waals surface area contributed by atoms with Gasteiger partial charge in [0.25, 0.3) is 11.5 Å². The van der Waals surface area contributed by atoms with E-state index >= 15 is 0 Å². The smallest absolute Gasteiger partial charge is 0.294 e. The Kier molecular flexibility index (Phi) is 4.89. The zero-order valence-corrected chi connectivity index (χ0v) is 14.7. The molecule has 1 aromatic heterocycles. The van der Waals surface area contributed by atoms with E-state index in [0.717, 1.165) is 0 Å². The van der Waals surface area contributed by atoms with Crippen molar-refractivity contribution in [2.45, 2.75) is 6.54 Å². The molecule has 0 spiro atoms. The van der Waals surface area contributed by atoms with Crippen LogP contribution in [0, 0.1) is 0 Å². The molecule has 0 atom stereocenters. The minimum absolute atomic E-state index is 0.0607. The Hall–Kier alpha value is -3.68. The molecule has 1 amide bonds. The van der Waals surface area contributed by atoms with E-state index in [2.05, 4.69) is 5.32 Å². The van der Waals surface area contributed by atoms with Crippen molar-refractivity contribution < 1.29 is 24.6 Å². The van der Waals surface area contributed by atoms with E-state index in [-0.39, 0.29) is 27.6 Å². The summed E-state index contributed by atoms with van der Waals surface area (Å²) in [6.45, 7) is 0.102. The summed E-state index contributed by atoms with van der Waals surface area (Å²) in [6.07, 6.45) is 0. The number of hydrogen-bond acceptors (Lipinski definition) is 6. The monoisotopic (exact) mass is 370 g/mol. The molecule has 0 radical (unpaired) electrons. The topological polar surface area (TPSA) is 110 Å². The molecule has 1 heterocycles. The number of carbonyl (C=O) groups excluding carboxylic acids is 1. The van der Waals surface area contributed by atoms with Crippen LogP contribution in [0.25, 0.3) is 10.8 Å². The maximum Gasteiger partial charge on any atom is 0.294 e. The first-order valence-electron chi connectivity index (χ1n) is 8.03. The van der Waals surface area contributed by atoms with Crippen LogP contribution >= 0.6 is 0 Å². The molecule has 27 heavy (non-hydrogen) atoms. The average Bonchev–Trinajstić information content (AvgIpc) is 2.70. The Balaban J connectivity index is 1.95. The second-order valence-electron chi connectivity index (χ2n) is 5.72. The normalized spacial score (nSPS) is 10.6. The van der Waals surface area contributed by atoms with Gasteiger partial charge in [-0.2, -0.15) is 0 Å². The molecule has 2 aromatic carbocycles. The Morgan fingerprint density at radius 1 is 1.11 bits per heavy atom. The third-order valence-corrected chi connectivity index (χ3v) is 4.20. The number of aromatic nitrogens is 1. The van der Waals surface area contributed by atoms with Crippen molar-refractivity contribution in [2.75, 3.05) is 14.2 Å². The minimum atomic E-state index is -0.821. The van der Waals surface area contributed by atoms with Crippen molar-refractivity contribution in [3.8, 4) is 17.4 Å². The van der Waals surface area contributed by atoms with Gasteiger partial charge in [-0.05, 0) is 18.2 Å². The first-order valence-corrected chi connectivity index (χ1v) is 8.03. The fourth-order valence-electron chi connectivity index (χ4n) is 2.81. The van der Waals surface area contributed by atoms with Crippen molar-refractivity contribution in [1.82, 2.24) is 10.0 Å². The van der Waals surface area contributed by atoms with Crippen LogP contribution in [0.3, 0.4) is 0 Å². The maximum absolute atomic E-state index is 12.7. The standard InChI is InChI=1S/C19H18N2O6/c1-26-12-8-7-11(15(9-12)27-2)10-20-17(22)16-13-5-3-4-6-14(13)18(23)21(25)19(16)24/h3-9,24-25H,10H2,1-2H3,(H,20,22). The molecular formula is C19H18N2O6. The van der Waals surface area contributed by atoms with Crippen molar-refractivity contribution >= 4 is 16.7 Å². The predicted molar refractivity (Wildman–Crippen MR) is 97.8 cm³/mol. The molecule has 8 nitrogen and oxygen atoms in total. The first kappa shape index (κ1) is 18.1. The number of fused-ring (bicyclic) bond motifs is 1. The molecular weight excluding hydrogens is 352 g/mol. The molecule has 3 rings (SSSR count). The number of rotatable bonds is 5. The highest BCUT2D eigenvalue weighted by atomic mass is 16.5. The van der Waals surface area contributed by atoms with E-state index in [1.807, 2.05) is 0 Å². The van der Waals surface area contributed by atoms with Crippen molar-refractivity contribution in [1.29, 1.82) is 0 Å². The van der Waals surface area contributed by atoms with E-state index in [1.165, 1.54) is 26.4 Å². The average molecular weight is 370 g/mol. The van der Waals surface area contributed by atoms with E-state index in [4.69, 9.17) is 9.47 Å². The molecule has 0 bridgehead atoms. The molecule has 140 valence electrons. The van der Waals surface area contributed by atoms with Gasteiger partial charge in [0.05, 0.1) is 19.6 Å². The summed E-state index contributed by atoms with van der Waals surface area (Å²) in [5.74, 6) is -0.337. The number of nitrogens with one attached hydrogen (secondary N) is 1. The Labute approximate surface area is 154 Å². The predicted octanol–water partition coefficient (Wildman–Crippen LogP) is 1.89. The Morgan fingerprint density at radius 3 is 2.48 bits per heavy atom. The van der Waals surface area contributed by atoms with Crippen LogP contribution in [0.2, 0.25) is 0 Å². The second-order valence-corrected chi connectivity index (χ2v) is 5.72. The largest absolute Gasteiger partial charge is 0.497 e. The zero-order valence-electron chi connectivity index (χ0n) is 14.7. The van der Waals surface area contributed by atoms with E-state index in [1.54, 1.807) is 30.3 Å². The Bertz CT molecular complexity index is 1070. The summed E-state index contributed by atoms with van der Waals surface area (Å²) in [7, 11) is 3.04. The highest BCUT2D eigenvalue weighted by Gasteiger charge is 2.21. The molecule has 0 fully saturated rings. The number of ether oxygens (including phenoxy) is 2. The fraction of sp³-hybridized carbons (Fsp3) is 0.158. The Morgan fingerprint density at radius 2 is 1.81 bits per heavy atom. The molecule has 3 N–H and O–H groups in total. The number of methoxy groups -OCH3 is 2. The molecule has 3 aromatic rings. The van der Waals surface area contributed by atoms with Crippen LogP contribution in [-0.2, 0) is 6.54 Å². The van der Waals surface area contributed by atoms with Crippen LogP contribution < -0.4 is 20.3 Å². The van der Waals surface area contributed by atoms with Gasteiger partial charge >= 0.3 is 0 Å². The highest BCUT2D eigenvalue weighted by Crippen LogP contribution is 2.26. The van der Waals surface area contributed by atoms with Gasteiger partial charge in [-0.3, -0.25) is 9.59 Å². The van der Waals surface area contributed by atoms with Crippen molar-refractivity contribution in [3.05, 3.63) is 63.9 Å². The number of benzene rings is 2. The third kappa shape index (κ3) is 3.24. The van der Waals surface area contributed by atoms with Gasteiger partial charge < -0.3 is 25.1 Å². The molecule has 0 saturated carbocycles. The van der Waals surface area contributed by atoms with Crippen LogP contribution in [0.15, 0.2) is 47.3 Å². The van der Waals surface area contributed by atoms with Crippen LogP contribution in [0.5, 0.6) is 17.4 Å². The quantitative estimate of drug-likeness (QED) is 0.592. The van der Waals surface area contributed by atoms with Gasteiger partial charge in [-0.15, -0.1) is 4.73 Å². The maximum atomic E-state index is 12.7. The zero-order chi connectivity index (χ0) is 19.6. The van der Waals surface area contributed by atoms with E-state index in [0.29, 0.717) is 17.1 Å². The summed E-state index contributed by atoms with van der Waals surface area (Å²) in [5.41, 5.74) is -0.315. The van der Waals surface area contributed by atoms with Gasteiger partial charge in [0.2, 0.25) is 5.88 Å². The molecule has 0 saturated heterocycles. The molecule has 8 heteroatoms. The van der Waals surface area contributed by atoms with Gasteiger partial charge in [-0.25, -0.2) is 0 Å². The minimum Gasteiger partial charge on any atom is -0.497 e. The SMILES string of the molecule is COc1ccc(CNC(=O)c2c(O)n(O)c(=O)c3ccccc23)c(OC)c1. The summed E-state index contributed by atoms with van der Waals surface area (Å²) < 4.78 is 10.5. The highest BCUT2D eigenvalue weighted by molar-refractivity contribution is 6.08. The molecule has 0 aliphatic heterocycles. The molecule has 0 aliphatic rings. The fourth-order valence-corrected chi connectivity index (χ4v) is 2.81. The number of pyridine rings is 1. The van der Waals surface area contributed by atoms with Crippen molar-refractivity contribution in [2.24, 2.45) is 0 Å². The number of carbonyl (C=O) groups is 1. The van der Waals surface area contributed by atoms with Gasteiger partial charge in [0.1, 0.15) is 17.1 Å². The number of amides is 1. The lowest BCUT2D eigenvalue weighted by Gasteiger charge is -2.13. The van der Waals surface area contributed by atoms with Gasteiger partial charge in [0, 0.05) is 23.6 Å². The summed E-state index contributed by atoms with van der Waals surface area (Å²) in [6, 6.07) is 11.4. The number of aromatic hydroxyl groups is 1. The lowest BCUT2D eigenvalue weighted by molar-refractivity contribution is 0.0934. The lowest BCUT2D eigenvalue weighted by atomic mass is 10.1. The van der Waals surface area contributed by atoms with Gasteiger partial charge in [-0.1, -0.05) is 18.2 Å². The third-order valence-electron chi connectivity index (χ3n) is 4.20. The number of hydrogen-bond donors (Lipinski definition) is 3. The van der Waals surface area contributed by atoms with E-state index in [9.17, 15) is 19.9 Å². The lowest BCUT2D eigenvalue weighted by Crippen LogP contribution is -2.27. The summed E-state index contributed by atoms with van der Waals surface area (Å²) >= 11 is 0. The molecule has 0 unspecified atom stereocenters. The number of nitrogens with zero attached hydrogens (tertiary/aromatic N) is 1. The molecule has 0 aliphatic carbocycles. The van der Waals surface area contributed by atoms with Crippen LogP contribution in [-0.4, -0.2) is 35.2 Å². The van der Waals surface area contributed by atoms with E-state index < -0.39 is 17.3 Å². The van der Waals surface area contributed by atoms with Gasteiger partial charge in [0.15, 0.2) is 0 Å². The summed E-state index contributed by atoms with van der Waals surface area (Å²) in [4.78, 5) is 24.7. The van der Waals surface area contributed by atoms with Crippen LogP contribution in [0.4, 0.5) is 0 Å². The first-order chi connectivity index (χ1) is 13.0. The van der Waals surface area contributed by atoms with Crippen LogP contribution in [0.1, 0.15) is 15.9 Å². The summed E-state index contributed by atoms with van der Waals surface area (Å²) in [5, 5.41) is 22.9.